The van der Waals surface area contributed by atoms with Crippen LogP contribution in [0.1, 0.15) is 37.5 Å². The molecule has 2 amide bonds. The highest BCUT2D eigenvalue weighted by Gasteiger charge is 2.34. The predicted molar refractivity (Wildman–Crippen MR) is 162 cm³/mol. The van der Waals surface area contributed by atoms with Gasteiger partial charge in [-0.15, -0.1) is 0 Å². The fourth-order valence-corrected chi connectivity index (χ4v) is 5.62. The number of amides is 2. The van der Waals surface area contributed by atoms with Gasteiger partial charge in [-0.25, -0.2) is 8.42 Å². The Morgan fingerprint density at radius 1 is 0.925 bits per heavy atom. The summed E-state index contributed by atoms with van der Waals surface area (Å²) in [6, 6.07) is 20.4. The van der Waals surface area contributed by atoms with E-state index in [1.807, 2.05) is 82.3 Å². The molecule has 0 radical (unpaired) electrons. The summed E-state index contributed by atoms with van der Waals surface area (Å²) in [7, 11) is -3.93. The molecular weight excluding hydrogens is 569 g/mol. The molecular formula is C30H35Cl2N3O4S. The molecule has 40 heavy (non-hydrogen) atoms. The van der Waals surface area contributed by atoms with E-state index in [4.69, 9.17) is 23.2 Å². The smallest absolute Gasteiger partial charge is 0.244 e. The van der Waals surface area contributed by atoms with Crippen LogP contribution in [0, 0.1) is 6.92 Å². The molecule has 3 rings (SSSR count). The highest BCUT2D eigenvalue weighted by Crippen LogP contribution is 2.28. The standard InChI is InChI=1S/C30H35Cl2N3O4S/c1-21-11-9-10-14-23(21)19-34(27(29(37)33-30(2,3)4)15-22-12-7-6-8-13-22)28(36)20-35(40(5,38)39)26-17-24(31)16-25(32)18-26/h6-14,16-18,27H,15,19-20H2,1-5H3,(H,33,37). The van der Waals surface area contributed by atoms with E-state index >= 15 is 0 Å². The number of aryl methyl sites for hydroxylation is 1. The summed E-state index contributed by atoms with van der Waals surface area (Å²) in [4.78, 5) is 29.3. The van der Waals surface area contributed by atoms with E-state index in [1.165, 1.54) is 23.1 Å². The van der Waals surface area contributed by atoms with E-state index in [-0.39, 0.29) is 34.6 Å². The van der Waals surface area contributed by atoms with Crippen molar-refractivity contribution in [3.8, 4) is 0 Å². The van der Waals surface area contributed by atoms with E-state index in [1.54, 1.807) is 0 Å². The number of hydrogen-bond donors (Lipinski definition) is 1. The van der Waals surface area contributed by atoms with Crippen LogP contribution in [0.4, 0.5) is 5.69 Å². The number of benzene rings is 3. The van der Waals surface area contributed by atoms with Crippen LogP contribution in [-0.2, 0) is 32.6 Å². The molecule has 0 aliphatic carbocycles. The molecule has 0 bridgehead atoms. The molecule has 0 saturated heterocycles. The third-order valence-electron chi connectivity index (χ3n) is 6.19. The highest BCUT2D eigenvalue weighted by atomic mass is 35.5. The Morgan fingerprint density at radius 3 is 2.05 bits per heavy atom. The Labute approximate surface area is 247 Å². The van der Waals surface area contributed by atoms with Crippen LogP contribution >= 0.6 is 23.2 Å². The van der Waals surface area contributed by atoms with Crippen molar-refractivity contribution in [3.63, 3.8) is 0 Å². The van der Waals surface area contributed by atoms with Crippen molar-refractivity contribution >= 4 is 50.7 Å². The number of rotatable bonds is 10. The summed E-state index contributed by atoms with van der Waals surface area (Å²) in [5.41, 5.74) is 2.24. The molecule has 3 aromatic rings. The lowest BCUT2D eigenvalue weighted by Crippen LogP contribution is -2.56. The van der Waals surface area contributed by atoms with Crippen molar-refractivity contribution in [2.45, 2.75) is 52.2 Å². The maximum absolute atomic E-state index is 14.1. The lowest BCUT2D eigenvalue weighted by Gasteiger charge is -2.35. The van der Waals surface area contributed by atoms with Gasteiger partial charge in [0.2, 0.25) is 21.8 Å². The van der Waals surface area contributed by atoms with Gasteiger partial charge < -0.3 is 10.2 Å². The summed E-state index contributed by atoms with van der Waals surface area (Å²) in [5.74, 6) is -0.884. The van der Waals surface area contributed by atoms with Gasteiger partial charge >= 0.3 is 0 Å². The quantitative estimate of drug-likeness (QED) is 0.326. The Kier molecular flexibility index (Phi) is 10.3. The van der Waals surface area contributed by atoms with Gasteiger partial charge in [-0.05, 0) is 62.6 Å². The van der Waals surface area contributed by atoms with Crippen LogP contribution in [0.2, 0.25) is 10.0 Å². The zero-order chi connectivity index (χ0) is 29.7. The van der Waals surface area contributed by atoms with E-state index in [2.05, 4.69) is 5.32 Å². The van der Waals surface area contributed by atoms with Crippen molar-refractivity contribution in [1.29, 1.82) is 0 Å². The molecule has 0 aliphatic rings. The molecule has 0 heterocycles. The number of anilines is 1. The van der Waals surface area contributed by atoms with Crippen molar-refractivity contribution < 1.29 is 18.0 Å². The second-order valence-corrected chi connectivity index (χ2v) is 13.6. The first kappa shape index (κ1) is 31.5. The van der Waals surface area contributed by atoms with Gasteiger partial charge in [-0.2, -0.15) is 0 Å². The number of carbonyl (C=O) groups excluding carboxylic acids is 2. The van der Waals surface area contributed by atoms with E-state index in [0.717, 1.165) is 27.3 Å². The van der Waals surface area contributed by atoms with E-state index < -0.39 is 34.1 Å². The first-order valence-electron chi connectivity index (χ1n) is 12.8. The molecule has 3 aromatic carbocycles. The molecule has 1 unspecified atom stereocenters. The molecule has 1 N–H and O–H groups in total. The van der Waals surface area contributed by atoms with Crippen molar-refractivity contribution in [1.82, 2.24) is 10.2 Å². The number of halogens is 2. The molecule has 0 spiro atoms. The minimum absolute atomic E-state index is 0.106. The van der Waals surface area contributed by atoms with E-state index in [9.17, 15) is 18.0 Å². The van der Waals surface area contributed by atoms with Gasteiger partial charge in [0.05, 0.1) is 11.9 Å². The Hall–Kier alpha value is -3.07. The lowest BCUT2D eigenvalue weighted by atomic mass is 10.00. The van der Waals surface area contributed by atoms with Crippen molar-refractivity contribution in [2.75, 3.05) is 17.1 Å². The topological polar surface area (TPSA) is 86.8 Å². The third kappa shape index (κ3) is 8.98. The molecule has 10 heteroatoms. The van der Waals surface area contributed by atoms with Crippen LogP contribution in [0.15, 0.2) is 72.8 Å². The van der Waals surface area contributed by atoms with Crippen LogP contribution in [0.3, 0.4) is 0 Å². The molecule has 0 saturated carbocycles. The molecule has 0 aromatic heterocycles. The normalized spacial score (nSPS) is 12.5. The molecule has 0 fully saturated rings. The minimum atomic E-state index is -3.93. The van der Waals surface area contributed by atoms with Crippen LogP contribution in [0.5, 0.6) is 0 Å². The monoisotopic (exact) mass is 603 g/mol. The largest absolute Gasteiger partial charge is 0.350 e. The fraction of sp³-hybridized carbons (Fsp3) is 0.333. The summed E-state index contributed by atoms with van der Waals surface area (Å²) in [6.45, 7) is 7.09. The number of nitrogens with one attached hydrogen (secondary N) is 1. The predicted octanol–water partition coefficient (Wildman–Crippen LogP) is 5.62. The number of hydrogen-bond acceptors (Lipinski definition) is 4. The Bertz CT molecular complexity index is 1440. The maximum Gasteiger partial charge on any atom is 0.244 e. The Morgan fingerprint density at radius 2 is 1.50 bits per heavy atom. The maximum atomic E-state index is 14.1. The second-order valence-electron chi connectivity index (χ2n) is 10.8. The van der Waals surface area contributed by atoms with Crippen LogP contribution < -0.4 is 9.62 Å². The van der Waals surface area contributed by atoms with Crippen LogP contribution in [0.25, 0.3) is 0 Å². The summed E-state index contributed by atoms with van der Waals surface area (Å²) in [6.07, 6.45) is 1.25. The lowest BCUT2D eigenvalue weighted by molar-refractivity contribution is -0.140. The van der Waals surface area contributed by atoms with Gasteiger partial charge in [0, 0.05) is 28.5 Å². The zero-order valence-electron chi connectivity index (χ0n) is 23.3. The van der Waals surface area contributed by atoms with Crippen molar-refractivity contribution in [3.05, 3.63) is 99.5 Å². The zero-order valence-corrected chi connectivity index (χ0v) is 25.6. The second kappa shape index (κ2) is 13.1. The molecule has 7 nitrogen and oxygen atoms in total. The van der Waals surface area contributed by atoms with Crippen molar-refractivity contribution in [2.24, 2.45) is 0 Å². The number of sulfonamides is 1. The summed E-state index contributed by atoms with van der Waals surface area (Å²) in [5, 5.41) is 3.46. The van der Waals surface area contributed by atoms with Crippen LogP contribution in [-0.4, -0.2) is 49.5 Å². The highest BCUT2D eigenvalue weighted by molar-refractivity contribution is 7.92. The molecule has 214 valence electrons. The number of nitrogens with zero attached hydrogens (tertiary/aromatic N) is 2. The average Bonchev–Trinajstić information content (AvgIpc) is 2.83. The first-order chi connectivity index (χ1) is 18.6. The fourth-order valence-electron chi connectivity index (χ4n) is 4.27. The number of carbonyl (C=O) groups is 2. The summed E-state index contributed by atoms with van der Waals surface area (Å²) < 4.78 is 26.8. The van der Waals surface area contributed by atoms with Gasteiger partial charge in [-0.1, -0.05) is 77.8 Å². The van der Waals surface area contributed by atoms with Gasteiger partial charge in [0.15, 0.2) is 0 Å². The van der Waals surface area contributed by atoms with Gasteiger partial charge in [0.25, 0.3) is 0 Å². The molecule has 1 atom stereocenters. The average molecular weight is 605 g/mol. The summed E-state index contributed by atoms with van der Waals surface area (Å²) >= 11 is 12.3. The Balaban J connectivity index is 2.10. The third-order valence-corrected chi connectivity index (χ3v) is 7.76. The SMILES string of the molecule is Cc1ccccc1CN(C(=O)CN(c1cc(Cl)cc(Cl)c1)S(C)(=O)=O)C(Cc1ccccc1)C(=O)NC(C)(C)C. The van der Waals surface area contributed by atoms with E-state index in [0.29, 0.717) is 0 Å². The van der Waals surface area contributed by atoms with Gasteiger partial charge in [-0.3, -0.25) is 13.9 Å². The molecule has 0 aliphatic heterocycles. The van der Waals surface area contributed by atoms with Gasteiger partial charge in [0.1, 0.15) is 12.6 Å². The minimum Gasteiger partial charge on any atom is -0.350 e. The first-order valence-corrected chi connectivity index (χ1v) is 15.4.